The van der Waals surface area contributed by atoms with Gasteiger partial charge in [0.25, 0.3) is 0 Å². The Labute approximate surface area is 94.0 Å². The topological polar surface area (TPSA) is 61.8 Å². The van der Waals surface area contributed by atoms with Gasteiger partial charge in [0.15, 0.2) is 0 Å². The molecular formula is C10H17O4S-. The molecule has 0 spiro atoms. The van der Waals surface area contributed by atoms with Crippen molar-refractivity contribution in [1.82, 2.24) is 0 Å². The van der Waals surface area contributed by atoms with E-state index in [1.165, 1.54) is 6.42 Å². The van der Waals surface area contributed by atoms with Gasteiger partial charge < -0.3 is 10.4 Å². The fourth-order valence-electron chi connectivity index (χ4n) is 3.53. The minimum Gasteiger partial charge on any atom is -0.691 e. The minimum atomic E-state index is -0.269. The van der Waals surface area contributed by atoms with Crippen molar-refractivity contribution in [2.75, 3.05) is 5.75 Å². The van der Waals surface area contributed by atoms with Crippen molar-refractivity contribution >= 4 is 12.0 Å². The summed E-state index contributed by atoms with van der Waals surface area (Å²) >= 11 is 1.01. The van der Waals surface area contributed by atoms with Crippen LogP contribution < -0.4 is 5.26 Å². The van der Waals surface area contributed by atoms with E-state index in [-0.39, 0.29) is 16.9 Å². The summed E-state index contributed by atoms with van der Waals surface area (Å²) in [5, 5.41) is 23.2. The maximum absolute atomic E-state index is 10.1. The van der Waals surface area contributed by atoms with Crippen LogP contribution in [-0.4, -0.2) is 17.0 Å². The Hall–Kier alpha value is 0.190. The molecule has 15 heavy (non-hydrogen) atoms. The van der Waals surface area contributed by atoms with Crippen LogP contribution in [-0.2, 0) is 9.37 Å². The zero-order valence-electron chi connectivity index (χ0n) is 9.06. The molecule has 0 aliphatic heterocycles. The summed E-state index contributed by atoms with van der Waals surface area (Å²) in [6.07, 6.45) is 2.80. The highest BCUT2D eigenvalue weighted by molar-refractivity contribution is 7.94. The summed E-state index contributed by atoms with van der Waals surface area (Å²) in [6, 6.07) is 0. The Morgan fingerprint density at radius 1 is 1.53 bits per heavy atom. The summed E-state index contributed by atoms with van der Waals surface area (Å²) in [4.78, 5) is 0. The average Bonchev–Trinajstić information content (AvgIpc) is 2.52. The lowest BCUT2D eigenvalue weighted by atomic mass is 9.70. The van der Waals surface area contributed by atoms with Crippen LogP contribution in [0.3, 0.4) is 0 Å². The number of aliphatic hydroxyl groups is 1. The van der Waals surface area contributed by atoms with E-state index >= 15 is 0 Å². The van der Waals surface area contributed by atoms with E-state index < -0.39 is 0 Å². The third-order valence-corrected chi connectivity index (χ3v) is 5.57. The molecule has 0 aromatic carbocycles. The van der Waals surface area contributed by atoms with E-state index in [0.29, 0.717) is 11.7 Å². The van der Waals surface area contributed by atoms with Crippen molar-refractivity contribution in [3.63, 3.8) is 0 Å². The Bertz CT molecular complexity index is 246. The van der Waals surface area contributed by atoms with Gasteiger partial charge in [-0.15, -0.1) is 0 Å². The highest BCUT2D eigenvalue weighted by Crippen LogP contribution is 2.66. The lowest BCUT2D eigenvalue weighted by Gasteiger charge is -2.39. The van der Waals surface area contributed by atoms with Crippen molar-refractivity contribution in [1.29, 1.82) is 0 Å². The molecule has 2 aliphatic carbocycles. The van der Waals surface area contributed by atoms with Crippen LogP contribution in [0.25, 0.3) is 0 Å². The van der Waals surface area contributed by atoms with Crippen molar-refractivity contribution in [3.8, 4) is 0 Å². The highest BCUT2D eigenvalue weighted by Gasteiger charge is 2.63. The molecule has 88 valence electrons. The van der Waals surface area contributed by atoms with Crippen LogP contribution >= 0.6 is 12.0 Å². The van der Waals surface area contributed by atoms with Crippen molar-refractivity contribution < 1.29 is 19.7 Å². The molecule has 0 aromatic heterocycles. The van der Waals surface area contributed by atoms with Crippen LogP contribution in [0, 0.1) is 16.7 Å². The van der Waals surface area contributed by atoms with Crippen LogP contribution in [0.2, 0.25) is 0 Å². The number of rotatable bonds is 4. The molecule has 2 aliphatic rings. The predicted molar refractivity (Wildman–Crippen MR) is 54.2 cm³/mol. The van der Waals surface area contributed by atoms with Crippen LogP contribution in [0.5, 0.6) is 0 Å². The monoisotopic (exact) mass is 233 g/mol. The van der Waals surface area contributed by atoms with E-state index in [1.54, 1.807) is 0 Å². The zero-order valence-corrected chi connectivity index (χ0v) is 9.88. The summed E-state index contributed by atoms with van der Waals surface area (Å²) in [7, 11) is 0. The van der Waals surface area contributed by atoms with Gasteiger partial charge in [-0.3, -0.25) is 5.04 Å². The third-order valence-electron chi connectivity index (χ3n) is 4.78. The van der Waals surface area contributed by atoms with Gasteiger partial charge in [-0.25, -0.2) is 0 Å². The molecule has 4 nitrogen and oxygen atoms in total. The summed E-state index contributed by atoms with van der Waals surface area (Å²) in [5.74, 6) is 1.22. The first-order valence-corrected chi connectivity index (χ1v) is 6.22. The van der Waals surface area contributed by atoms with Crippen LogP contribution in [0.15, 0.2) is 0 Å². The van der Waals surface area contributed by atoms with Crippen molar-refractivity contribution in [3.05, 3.63) is 0 Å². The third kappa shape index (κ3) is 1.52. The average molecular weight is 233 g/mol. The zero-order chi connectivity index (χ0) is 11.1. The largest absolute Gasteiger partial charge is 0.691 e. The second kappa shape index (κ2) is 3.89. The number of hydrogen-bond donors (Lipinski definition) is 1. The first-order chi connectivity index (χ1) is 7.04. The lowest BCUT2D eigenvalue weighted by Crippen LogP contribution is -2.41. The van der Waals surface area contributed by atoms with E-state index in [4.69, 9.17) is 0 Å². The van der Waals surface area contributed by atoms with Crippen molar-refractivity contribution in [2.45, 2.75) is 39.2 Å². The molecule has 0 saturated heterocycles. The molecule has 2 saturated carbocycles. The molecule has 3 atom stereocenters. The fraction of sp³-hybridized carbons (Fsp3) is 1.00. The summed E-state index contributed by atoms with van der Waals surface area (Å²) in [5.41, 5.74) is 0.0204. The molecule has 2 unspecified atom stereocenters. The maximum atomic E-state index is 10.1. The normalized spacial score (nSPS) is 42.4. The van der Waals surface area contributed by atoms with Gasteiger partial charge in [-0.2, -0.15) is 4.33 Å². The molecule has 1 N–H and O–H groups in total. The molecule has 0 heterocycles. The van der Waals surface area contributed by atoms with E-state index in [0.717, 1.165) is 24.9 Å². The van der Waals surface area contributed by atoms with E-state index in [1.807, 2.05) is 0 Å². The van der Waals surface area contributed by atoms with Crippen molar-refractivity contribution in [2.24, 2.45) is 16.7 Å². The molecule has 2 bridgehead atoms. The minimum absolute atomic E-state index is 0.110. The van der Waals surface area contributed by atoms with E-state index in [9.17, 15) is 10.4 Å². The molecular weight excluding hydrogens is 216 g/mol. The highest BCUT2D eigenvalue weighted by atomic mass is 32.2. The molecule has 0 radical (unpaired) electrons. The van der Waals surface area contributed by atoms with Gasteiger partial charge >= 0.3 is 0 Å². The SMILES string of the molecule is CC1(C)C2CC[C@@]1(CSOO[O-])C(O)C2. The first kappa shape index (κ1) is 11.7. The van der Waals surface area contributed by atoms with Gasteiger partial charge in [-0.05, 0) is 30.6 Å². The Balaban J connectivity index is 2.09. The second-order valence-electron chi connectivity index (χ2n) is 5.26. The molecule has 0 aromatic rings. The fourth-order valence-corrected chi connectivity index (χ4v) is 4.53. The predicted octanol–water partition coefficient (Wildman–Crippen LogP) is 1.05. The maximum Gasteiger partial charge on any atom is 0.0613 e. The van der Waals surface area contributed by atoms with Gasteiger partial charge in [0.1, 0.15) is 0 Å². The first-order valence-electron chi connectivity index (χ1n) is 5.31. The molecule has 5 heteroatoms. The van der Waals surface area contributed by atoms with Crippen LogP contribution in [0.1, 0.15) is 33.1 Å². The van der Waals surface area contributed by atoms with Gasteiger partial charge in [0.2, 0.25) is 0 Å². The lowest BCUT2D eigenvalue weighted by molar-refractivity contribution is -0.777. The molecule has 2 rings (SSSR count). The summed E-state index contributed by atoms with van der Waals surface area (Å²) < 4.78 is 4.33. The van der Waals surface area contributed by atoms with Gasteiger partial charge in [-0.1, -0.05) is 13.8 Å². The van der Waals surface area contributed by atoms with E-state index in [2.05, 4.69) is 23.2 Å². The number of fused-ring (bicyclic) bond motifs is 2. The quantitative estimate of drug-likeness (QED) is 0.340. The van der Waals surface area contributed by atoms with Gasteiger partial charge in [0, 0.05) is 23.2 Å². The Kier molecular flexibility index (Phi) is 3.03. The standard InChI is InChI=1S/C10H18O4S/c1-9(2)7-3-4-10(9,8(11)5-7)6-15-14-13-12/h7-8,11-12H,3-6H2,1-2H3/p-1/t7?,8?,10-/m1/s1. The van der Waals surface area contributed by atoms with Gasteiger partial charge in [0.05, 0.1) is 6.10 Å². The van der Waals surface area contributed by atoms with Crippen LogP contribution in [0.4, 0.5) is 0 Å². The Morgan fingerprint density at radius 3 is 2.73 bits per heavy atom. The Morgan fingerprint density at radius 2 is 2.27 bits per heavy atom. The number of aliphatic hydroxyl groups excluding tert-OH is 1. The smallest absolute Gasteiger partial charge is 0.0613 e. The number of hydrogen-bond acceptors (Lipinski definition) is 5. The second-order valence-corrected chi connectivity index (χ2v) is 5.92. The molecule has 0 amide bonds. The summed E-state index contributed by atoms with van der Waals surface area (Å²) in [6.45, 7) is 4.42. The molecule has 2 fully saturated rings.